The van der Waals surface area contributed by atoms with Gasteiger partial charge in [-0.15, -0.1) is 0 Å². The van der Waals surface area contributed by atoms with Crippen LogP contribution >= 0.6 is 0 Å². The van der Waals surface area contributed by atoms with E-state index in [2.05, 4.69) is 10.5 Å². The molecule has 0 unspecified atom stereocenters. The Bertz CT molecular complexity index is 379. The number of carbonyl (C=O) groups excluding carboxylic acids is 1. The van der Waals surface area contributed by atoms with Crippen molar-refractivity contribution in [1.29, 1.82) is 0 Å². The zero-order chi connectivity index (χ0) is 12.5. The lowest BCUT2D eigenvalue weighted by molar-refractivity contribution is 0.249. The number of hydrazone groups is 1. The van der Waals surface area contributed by atoms with Crippen LogP contribution in [0, 0.1) is 0 Å². The van der Waals surface area contributed by atoms with E-state index >= 15 is 0 Å². The van der Waals surface area contributed by atoms with E-state index in [4.69, 9.17) is 10.5 Å². The number of halogens is 1. The molecule has 1 aromatic rings. The van der Waals surface area contributed by atoms with Crippen molar-refractivity contribution in [2.24, 2.45) is 10.8 Å². The number of urea groups is 1. The first-order valence-corrected chi connectivity index (χ1v) is 5.09. The van der Waals surface area contributed by atoms with E-state index in [9.17, 15) is 9.18 Å². The van der Waals surface area contributed by atoms with E-state index in [1.807, 2.05) is 0 Å². The highest BCUT2D eigenvalue weighted by molar-refractivity contribution is 5.81. The number of nitrogens with one attached hydrogen (secondary N) is 1. The van der Waals surface area contributed by atoms with Gasteiger partial charge in [0.15, 0.2) is 0 Å². The molecule has 0 spiro atoms. The average Bonchev–Trinajstić information content (AvgIpc) is 2.31. The molecule has 0 bridgehead atoms. The number of hydrogen-bond donors (Lipinski definition) is 2. The molecular weight excluding hydrogens is 225 g/mol. The summed E-state index contributed by atoms with van der Waals surface area (Å²) in [7, 11) is 0. The minimum Gasteiger partial charge on any atom is -0.493 e. The van der Waals surface area contributed by atoms with Crippen molar-refractivity contribution in [3.63, 3.8) is 0 Å². The minimum atomic E-state index is -0.715. The maximum absolute atomic E-state index is 11.8. The van der Waals surface area contributed by atoms with Crippen molar-refractivity contribution in [3.05, 3.63) is 29.8 Å². The Morgan fingerprint density at radius 3 is 2.76 bits per heavy atom. The topological polar surface area (TPSA) is 76.7 Å². The molecule has 0 saturated heterocycles. The number of ether oxygens (including phenoxy) is 1. The third kappa shape index (κ3) is 5.50. The van der Waals surface area contributed by atoms with E-state index in [1.54, 1.807) is 24.3 Å². The molecule has 0 aliphatic rings. The number of nitrogens with two attached hydrogens (primary N) is 1. The second-order valence-corrected chi connectivity index (χ2v) is 3.19. The van der Waals surface area contributed by atoms with Crippen LogP contribution in [0.4, 0.5) is 9.18 Å². The molecule has 0 saturated carbocycles. The van der Waals surface area contributed by atoms with E-state index in [0.717, 1.165) is 5.56 Å². The number of amides is 2. The molecule has 92 valence electrons. The van der Waals surface area contributed by atoms with Crippen LogP contribution in [-0.4, -0.2) is 25.5 Å². The molecule has 5 nitrogen and oxygen atoms in total. The highest BCUT2D eigenvalue weighted by Crippen LogP contribution is 2.11. The van der Waals surface area contributed by atoms with Gasteiger partial charge in [-0.1, -0.05) is 0 Å². The van der Waals surface area contributed by atoms with Gasteiger partial charge in [0.1, 0.15) is 5.75 Å². The number of hydrogen-bond acceptors (Lipinski definition) is 3. The quantitative estimate of drug-likeness (QED) is 0.447. The lowest BCUT2D eigenvalue weighted by Gasteiger charge is -2.04. The van der Waals surface area contributed by atoms with Crippen molar-refractivity contribution in [2.75, 3.05) is 13.3 Å². The fourth-order valence-electron chi connectivity index (χ4n) is 1.07. The van der Waals surface area contributed by atoms with Gasteiger partial charge < -0.3 is 10.5 Å². The highest BCUT2D eigenvalue weighted by Gasteiger charge is 1.94. The maximum atomic E-state index is 11.8. The molecule has 0 aromatic heterocycles. The molecule has 0 radical (unpaired) electrons. The zero-order valence-electron chi connectivity index (χ0n) is 9.23. The first-order chi connectivity index (χ1) is 8.22. The first-order valence-electron chi connectivity index (χ1n) is 5.09. The van der Waals surface area contributed by atoms with E-state index < -0.39 is 6.03 Å². The minimum absolute atomic E-state index is 0.354. The van der Waals surface area contributed by atoms with Gasteiger partial charge in [0.2, 0.25) is 0 Å². The van der Waals surface area contributed by atoms with Crippen LogP contribution in [0.2, 0.25) is 0 Å². The normalized spacial score (nSPS) is 10.4. The maximum Gasteiger partial charge on any atom is 0.332 e. The van der Waals surface area contributed by atoms with Gasteiger partial charge >= 0.3 is 6.03 Å². The van der Waals surface area contributed by atoms with Crippen molar-refractivity contribution < 1.29 is 13.9 Å². The predicted molar refractivity (Wildman–Crippen MR) is 62.8 cm³/mol. The van der Waals surface area contributed by atoms with Gasteiger partial charge in [-0.05, 0) is 29.8 Å². The number of primary amides is 1. The third-order valence-electron chi connectivity index (χ3n) is 1.82. The lowest BCUT2D eigenvalue weighted by Crippen LogP contribution is -2.24. The van der Waals surface area contributed by atoms with Gasteiger partial charge in [-0.2, -0.15) is 5.10 Å². The van der Waals surface area contributed by atoms with Crippen molar-refractivity contribution in [2.45, 2.75) is 6.42 Å². The molecule has 0 fully saturated rings. The molecule has 1 aromatic carbocycles. The molecule has 17 heavy (non-hydrogen) atoms. The largest absolute Gasteiger partial charge is 0.493 e. The first kappa shape index (κ1) is 13.0. The Morgan fingerprint density at radius 1 is 1.47 bits per heavy atom. The molecule has 6 heteroatoms. The predicted octanol–water partition coefficient (Wildman–Crippen LogP) is 1.43. The second-order valence-electron chi connectivity index (χ2n) is 3.19. The summed E-state index contributed by atoms with van der Waals surface area (Å²) in [6.07, 6.45) is 1.84. The molecule has 0 aliphatic heterocycles. The van der Waals surface area contributed by atoms with E-state index in [-0.39, 0.29) is 6.67 Å². The molecule has 1 rings (SSSR count). The summed E-state index contributed by atoms with van der Waals surface area (Å²) in [5.74, 6) is 0.665. The summed E-state index contributed by atoms with van der Waals surface area (Å²) in [6, 6.07) is 6.29. The second kappa shape index (κ2) is 7.21. The Kier molecular flexibility index (Phi) is 5.50. The molecule has 0 atom stereocenters. The van der Waals surface area contributed by atoms with Gasteiger partial charge in [0.05, 0.1) is 19.5 Å². The van der Waals surface area contributed by atoms with E-state index in [0.29, 0.717) is 18.8 Å². The Balaban J connectivity index is 2.44. The van der Waals surface area contributed by atoms with Crippen LogP contribution in [0.3, 0.4) is 0 Å². The van der Waals surface area contributed by atoms with Gasteiger partial charge in [0, 0.05) is 6.42 Å². The standard InChI is InChI=1S/C11H14FN3O2/c12-6-1-7-17-10-4-2-9(3-5-10)8-14-15-11(13)16/h2-5,8H,1,6-7H2,(H3,13,15,16). The van der Waals surface area contributed by atoms with Crippen molar-refractivity contribution >= 4 is 12.2 Å². The van der Waals surface area contributed by atoms with Gasteiger partial charge in [-0.3, -0.25) is 4.39 Å². The Labute approximate surface area is 98.5 Å². The van der Waals surface area contributed by atoms with Crippen LogP contribution in [0.1, 0.15) is 12.0 Å². The summed E-state index contributed by atoms with van der Waals surface area (Å²) in [5, 5.41) is 3.61. The number of alkyl halides is 1. The zero-order valence-corrected chi connectivity index (χ0v) is 9.23. The molecule has 2 amide bonds. The molecule has 3 N–H and O–H groups in total. The summed E-state index contributed by atoms with van der Waals surface area (Å²) in [6.45, 7) is -0.0311. The SMILES string of the molecule is NC(=O)NN=Cc1ccc(OCCCF)cc1. The average molecular weight is 239 g/mol. The monoisotopic (exact) mass is 239 g/mol. The van der Waals surface area contributed by atoms with Crippen LogP contribution in [0.15, 0.2) is 29.4 Å². The Morgan fingerprint density at radius 2 is 2.18 bits per heavy atom. The van der Waals surface area contributed by atoms with Crippen LogP contribution in [0.5, 0.6) is 5.75 Å². The highest BCUT2D eigenvalue weighted by atomic mass is 19.1. The van der Waals surface area contributed by atoms with Crippen LogP contribution < -0.4 is 15.9 Å². The summed E-state index contributed by atoms with van der Waals surface area (Å²) >= 11 is 0. The number of rotatable bonds is 6. The fourth-order valence-corrected chi connectivity index (χ4v) is 1.07. The fraction of sp³-hybridized carbons (Fsp3) is 0.273. The van der Waals surface area contributed by atoms with Crippen LogP contribution in [0.25, 0.3) is 0 Å². The summed E-state index contributed by atoms with van der Waals surface area (Å²) in [5.41, 5.74) is 7.71. The molecule has 0 heterocycles. The summed E-state index contributed by atoms with van der Waals surface area (Å²) in [4.78, 5) is 10.3. The lowest BCUT2D eigenvalue weighted by atomic mass is 10.2. The Hall–Kier alpha value is -2.11. The molecular formula is C11H14FN3O2. The summed E-state index contributed by atoms with van der Waals surface area (Å²) < 4.78 is 17.1. The number of benzene rings is 1. The van der Waals surface area contributed by atoms with Crippen molar-refractivity contribution in [3.8, 4) is 5.75 Å². The third-order valence-corrected chi connectivity index (χ3v) is 1.82. The number of nitrogens with zero attached hydrogens (tertiary/aromatic N) is 1. The van der Waals surface area contributed by atoms with Crippen LogP contribution in [-0.2, 0) is 0 Å². The van der Waals surface area contributed by atoms with Gasteiger partial charge in [-0.25, -0.2) is 10.2 Å². The van der Waals surface area contributed by atoms with Gasteiger partial charge in [0.25, 0.3) is 0 Å². The number of carbonyl (C=O) groups is 1. The van der Waals surface area contributed by atoms with Crippen molar-refractivity contribution in [1.82, 2.24) is 5.43 Å². The smallest absolute Gasteiger partial charge is 0.332 e. The van der Waals surface area contributed by atoms with E-state index in [1.165, 1.54) is 6.21 Å². The molecule has 0 aliphatic carbocycles.